The normalized spacial score (nSPS) is 15.6. The van der Waals surface area contributed by atoms with Crippen LogP contribution in [0.5, 0.6) is 0 Å². The summed E-state index contributed by atoms with van der Waals surface area (Å²) in [6, 6.07) is 20.6. The van der Waals surface area contributed by atoms with E-state index in [1.807, 2.05) is 36.4 Å². The van der Waals surface area contributed by atoms with E-state index in [-0.39, 0.29) is 5.91 Å². The maximum absolute atomic E-state index is 12.8. The zero-order chi connectivity index (χ0) is 21.8. The Balaban J connectivity index is 1.19. The molecule has 1 fully saturated rings. The number of hydrogen-bond donors (Lipinski definition) is 1. The maximum atomic E-state index is 12.8. The standard InChI is InChI=1S/C26H27N3OS2/c30-26(25-16-22-6-1-2-8-24(22)32-25)27-23-7-3-5-20(15-23)17-28-10-4-11-29(13-12-28)18-21-9-14-31-19-21/h1-3,5-9,14-16,19H,4,10-13,17-18H2,(H,27,30). The second-order valence-corrected chi connectivity index (χ2v) is 10.2. The molecule has 2 aromatic heterocycles. The van der Waals surface area contributed by atoms with Crippen molar-refractivity contribution in [2.24, 2.45) is 0 Å². The van der Waals surface area contributed by atoms with Gasteiger partial charge in [-0.25, -0.2) is 0 Å². The largest absolute Gasteiger partial charge is 0.321 e. The molecule has 1 aliphatic rings. The fourth-order valence-electron chi connectivity index (χ4n) is 4.27. The van der Waals surface area contributed by atoms with Gasteiger partial charge in [-0.2, -0.15) is 11.3 Å². The Hall–Kier alpha value is -2.51. The number of rotatable bonds is 6. The Kier molecular flexibility index (Phi) is 6.64. The van der Waals surface area contributed by atoms with Crippen molar-refractivity contribution in [1.82, 2.24) is 9.80 Å². The summed E-state index contributed by atoms with van der Waals surface area (Å²) in [5, 5.41) is 8.61. The molecular formula is C26H27N3OS2. The topological polar surface area (TPSA) is 35.6 Å². The molecule has 0 saturated carbocycles. The maximum Gasteiger partial charge on any atom is 0.265 e. The average molecular weight is 462 g/mol. The highest BCUT2D eigenvalue weighted by molar-refractivity contribution is 7.20. The van der Waals surface area contributed by atoms with Gasteiger partial charge in [-0.15, -0.1) is 11.3 Å². The minimum atomic E-state index is -0.0396. The smallest absolute Gasteiger partial charge is 0.265 e. The quantitative estimate of drug-likeness (QED) is 0.387. The molecule has 0 bridgehead atoms. The summed E-state index contributed by atoms with van der Waals surface area (Å²) >= 11 is 3.31. The first-order valence-electron chi connectivity index (χ1n) is 11.1. The van der Waals surface area contributed by atoms with E-state index in [4.69, 9.17) is 0 Å². The summed E-state index contributed by atoms with van der Waals surface area (Å²) in [5.74, 6) is -0.0396. The highest BCUT2D eigenvalue weighted by Gasteiger charge is 2.16. The minimum Gasteiger partial charge on any atom is -0.321 e. The van der Waals surface area contributed by atoms with Gasteiger partial charge in [0.25, 0.3) is 5.91 Å². The molecule has 1 N–H and O–H groups in total. The Bertz CT molecular complexity index is 1150. The Morgan fingerprint density at radius 2 is 1.69 bits per heavy atom. The van der Waals surface area contributed by atoms with Crippen LogP contribution in [-0.4, -0.2) is 41.9 Å². The van der Waals surface area contributed by atoms with Crippen LogP contribution in [-0.2, 0) is 13.1 Å². The molecule has 1 aliphatic heterocycles. The number of amides is 1. The molecule has 5 rings (SSSR count). The Labute approximate surface area is 197 Å². The predicted octanol–water partition coefficient (Wildman–Crippen LogP) is 5.92. The van der Waals surface area contributed by atoms with Crippen LogP contribution >= 0.6 is 22.7 Å². The molecule has 0 radical (unpaired) electrons. The van der Waals surface area contributed by atoms with Gasteiger partial charge < -0.3 is 5.32 Å². The van der Waals surface area contributed by atoms with Crippen LogP contribution in [0.3, 0.4) is 0 Å². The third-order valence-corrected chi connectivity index (χ3v) is 7.75. The number of thiophene rings is 2. The molecule has 1 amide bonds. The monoisotopic (exact) mass is 461 g/mol. The number of fused-ring (bicyclic) bond motifs is 1. The predicted molar refractivity (Wildman–Crippen MR) is 136 cm³/mol. The molecular weight excluding hydrogens is 434 g/mol. The van der Waals surface area contributed by atoms with Gasteiger partial charge >= 0.3 is 0 Å². The zero-order valence-corrected chi connectivity index (χ0v) is 19.6. The lowest BCUT2D eigenvalue weighted by molar-refractivity contribution is 0.103. The van der Waals surface area contributed by atoms with Gasteiger partial charge in [0, 0.05) is 36.6 Å². The van der Waals surface area contributed by atoms with Gasteiger partial charge in [-0.1, -0.05) is 30.3 Å². The summed E-state index contributed by atoms with van der Waals surface area (Å²) in [7, 11) is 0. The Morgan fingerprint density at radius 1 is 0.875 bits per heavy atom. The van der Waals surface area contributed by atoms with Crippen LogP contribution in [0.25, 0.3) is 10.1 Å². The second-order valence-electron chi connectivity index (χ2n) is 8.34. The van der Waals surface area contributed by atoms with Crippen LogP contribution in [0, 0.1) is 0 Å². The van der Waals surface area contributed by atoms with Gasteiger partial charge in [-0.05, 0) is 77.1 Å². The third kappa shape index (κ3) is 5.27. The lowest BCUT2D eigenvalue weighted by Gasteiger charge is -2.22. The lowest BCUT2D eigenvalue weighted by atomic mass is 10.1. The average Bonchev–Trinajstić information content (AvgIpc) is 3.42. The van der Waals surface area contributed by atoms with Crippen LogP contribution in [0.4, 0.5) is 5.69 Å². The minimum absolute atomic E-state index is 0.0396. The second kappa shape index (κ2) is 9.96. The first-order chi connectivity index (χ1) is 15.7. The van der Waals surface area contributed by atoms with E-state index in [0.717, 1.165) is 59.9 Å². The first kappa shape index (κ1) is 21.3. The number of hydrogen-bond acceptors (Lipinski definition) is 5. The van der Waals surface area contributed by atoms with E-state index in [0.29, 0.717) is 0 Å². The number of nitrogens with one attached hydrogen (secondary N) is 1. The van der Waals surface area contributed by atoms with Gasteiger partial charge in [0.1, 0.15) is 0 Å². The van der Waals surface area contributed by atoms with Crippen LogP contribution < -0.4 is 5.32 Å². The molecule has 0 unspecified atom stereocenters. The fourth-order valence-corrected chi connectivity index (χ4v) is 5.89. The van der Waals surface area contributed by atoms with Gasteiger partial charge in [-0.3, -0.25) is 14.6 Å². The summed E-state index contributed by atoms with van der Waals surface area (Å²) in [4.78, 5) is 18.6. The number of carbonyl (C=O) groups is 1. The third-order valence-electron chi connectivity index (χ3n) is 5.91. The number of carbonyl (C=O) groups excluding carboxylic acids is 1. The van der Waals surface area contributed by atoms with E-state index < -0.39 is 0 Å². The summed E-state index contributed by atoms with van der Waals surface area (Å²) in [6.07, 6.45) is 1.19. The van der Waals surface area contributed by atoms with Crippen molar-refractivity contribution in [1.29, 1.82) is 0 Å². The highest BCUT2D eigenvalue weighted by atomic mass is 32.1. The van der Waals surface area contributed by atoms with Crippen molar-refractivity contribution >= 4 is 44.4 Å². The van der Waals surface area contributed by atoms with Crippen molar-refractivity contribution < 1.29 is 4.79 Å². The summed E-state index contributed by atoms with van der Waals surface area (Å²) in [6.45, 7) is 6.40. The van der Waals surface area contributed by atoms with E-state index >= 15 is 0 Å². The molecule has 3 heterocycles. The van der Waals surface area contributed by atoms with Crippen LogP contribution in [0.1, 0.15) is 27.2 Å². The van der Waals surface area contributed by atoms with E-state index in [1.54, 1.807) is 11.3 Å². The van der Waals surface area contributed by atoms with Crippen molar-refractivity contribution in [2.75, 3.05) is 31.5 Å². The summed E-state index contributed by atoms with van der Waals surface area (Å²) < 4.78 is 1.14. The Morgan fingerprint density at radius 3 is 2.47 bits per heavy atom. The lowest BCUT2D eigenvalue weighted by Crippen LogP contribution is -2.30. The summed E-state index contributed by atoms with van der Waals surface area (Å²) in [5.41, 5.74) is 3.52. The molecule has 0 atom stereocenters. The molecule has 0 aliphatic carbocycles. The fraction of sp³-hybridized carbons (Fsp3) is 0.269. The first-order valence-corrected chi connectivity index (χ1v) is 12.8. The van der Waals surface area contributed by atoms with E-state index in [1.165, 1.54) is 28.9 Å². The van der Waals surface area contributed by atoms with Crippen molar-refractivity contribution in [2.45, 2.75) is 19.5 Å². The van der Waals surface area contributed by atoms with Crippen molar-refractivity contribution in [3.05, 3.63) is 87.4 Å². The number of nitrogens with zero attached hydrogens (tertiary/aromatic N) is 2. The van der Waals surface area contributed by atoms with Crippen molar-refractivity contribution in [3.8, 4) is 0 Å². The molecule has 4 nitrogen and oxygen atoms in total. The van der Waals surface area contributed by atoms with Gasteiger partial charge in [0.15, 0.2) is 0 Å². The molecule has 32 heavy (non-hydrogen) atoms. The molecule has 0 spiro atoms. The highest BCUT2D eigenvalue weighted by Crippen LogP contribution is 2.26. The molecule has 1 saturated heterocycles. The molecule has 2 aromatic carbocycles. The zero-order valence-electron chi connectivity index (χ0n) is 18.0. The van der Waals surface area contributed by atoms with Crippen LogP contribution in [0.15, 0.2) is 71.4 Å². The van der Waals surface area contributed by atoms with Crippen LogP contribution in [0.2, 0.25) is 0 Å². The van der Waals surface area contributed by atoms with Gasteiger partial charge in [0.05, 0.1) is 4.88 Å². The van der Waals surface area contributed by atoms with Crippen molar-refractivity contribution in [3.63, 3.8) is 0 Å². The molecule has 164 valence electrons. The van der Waals surface area contributed by atoms with Gasteiger partial charge in [0.2, 0.25) is 0 Å². The molecule has 6 heteroatoms. The number of benzene rings is 2. The van der Waals surface area contributed by atoms with E-state index in [9.17, 15) is 4.79 Å². The van der Waals surface area contributed by atoms with E-state index in [2.05, 4.69) is 50.1 Å². The SMILES string of the molecule is O=C(Nc1cccc(CN2CCCN(Cc3ccsc3)CC2)c1)c1cc2ccccc2s1. The molecule has 4 aromatic rings. The number of anilines is 1.